The van der Waals surface area contributed by atoms with Crippen molar-refractivity contribution in [3.8, 4) is 5.75 Å². The number of carbonyl (C=O) groups is 3. The van der Waals surface area contributed by atoms with Gasteiger partial charge in [-0.2, -0.15) is 0 Å². The summed E-state index contributed by atoms with van der Waals surface area (Å²) in [5.41, 5.74) is 1.15. The fourth-order valence-corrected chi connectivity index (χ4v) is 5.60. The van der Waals surface area contributed by atoms with Crippen molar-refractivity contribution in [1.82, 2.24) is 15.1 Å². The molecule has 2 aromatic carbocycles. The number of piperidine rings is 1. The molecule has 2 atom stereocenters. The van der Waals surface area contributed by atoms with E-state index >= 15 is 0 Å². The zero-order valence-corrected chi connectivity index (χ0v) is 22.0. The van der Waals surface area contributed by atoms with Gasteiger partial charge in [-0.05, 0) is 56.2 Å². The Hall–Kier alpha value is -3.43. The maximum atomic E-state index is 13.9. The summed E-state index contributed by atoms with van der Waals surface area (Å²) in [4.78, 5) is 43.8. The molecule has 3 saturated heterocycles. The Bertz CT molecular complexity index is 1170. The number of hydrogen-bond acceptors (Lipinski definition) is 6. The van der Waals surface area contributed by atoms with Crippen molar-refractivity contribution in [1.29, 1.82) is 0 Å². The minimum atomic E-state index is -0.966. The highest BCUT2D eigenvalue weighted by atomic mass is 16.5. The van der Waals surface area contributed by atoms with E-state index in [1.807, 2.05) is 31.2 Å². The fraction of sp³-hybridized carbons (Fsp3) is 0.483. The van der Waals surface area contributed by atoms with Crippen LogP contribution >= 0.6 is 0 Å². The van der Waals surface area contributed by atoms with Crippen LogP contribution in [0.25, 0.3) is 0 Å². The predicted molar refractivity (Wildman–Crippen MR) is 140 cm³/mol. The van der Waals surface area contributed by atoms with Crippen molar-refractivity contribution in [3.63, 3.8) is 0 Å². The molecule has 1 spiro atoms. The van der Waals surface area contributed by atoms with Crippen LogP contribution in [0.5, 0.6) is 5.75 Å². The van der Waals surface area contributed by atoms with E-state index in [0.29, 0.717) is 56.0 Å². The summed E-state index contributed by atoms with van der Waals surface area (Å²) in [5, 5.41) is 2.97. The fourth-order valence-electron chi connectivity index (χ4n) is 5.60. The molecule has 3 aliphatic rings. The van der Waals surface area contributed by atoms with Crippen LogP contribution in [0.1, 0.15) is 52.0 Å². The first-order chi connectivity index (χ1) is 18.4. The topological polar surface area (TPSA) is 97.4 Å². The van der Waals surface area contributed by atoms with Crippen molar-refractivity contribution < 1.29 is 28.6 Å². The van der Waals surface area contributed by atoms with Crippen molar-refractivity contribution in [2.24, 2.45) is 0 Å². The van der Waals surface area contributed by atoms with Crippen LogP contribution in [0.4, 0.5) is 0 Å². The number of nitrogens with zero attached hydrogens (tertiary/aromatic N) is 2. The monoisotopic (exact) mass is 521 g/mol. The molecule has 0 unspecified atom stereocenters. The number of amides is 3. The first kappa shape index (κ1) is 26.2. The van der Waals surface area contributed by atoms with Gasteiger partial charge >= 0.3 is 0 Å². The lowest BCUT2D eigenvalue weighted by atomic mass is 9.96. The Balaban J connectivity index is 1.35. The van der Waals surface area contributed by atoms with E-state index in [0.717, 1.165) is 18.4 Å². The maximum absolute atomic E-state index is 13.9. The van der Waals surface area contributed by atoms with E-state index in [9.17, 15) is 14.4 Å². The Labute approximate surface area is 223 Å². The van der Waals surface area contributed by atoms with E-state index < -0.39 is 11.8 Å². The molecule has 0 bridgehead atoms. The molecular formula is C29H35N3O6. The smallest absolute Gasteiger partial charge is 0.256 e. The van der Waals surface area contributed by atoms with Crippen LogP contribution in [0, 0.1) is 6.92 Å². The van der Waals surface area contributed by atoms with E-state index in [2.05, 4.69) is 5.32 Å². The van der Waals surface area contributed by atoms with Crippen LogP contribution in [-0.4, -0.2) is 85.3 Å². The summed E-state index contributed by atoms with van der Waals surface area (Å²) in [6.07, 6.45) is 2.72. The molecule has 3 amide bonds. The second kappa shape index (κ2) is 11.1. The lowest BCUT2D eigenvalue weighted by Crippen LogP contribution is -2.60. The molecule has 5 rings (SSSR count). The molecule has 2 aromatic rings. The second-order valence-electron chi connectivity index (χ2n) is 10.2. The normalized spacial score (nSPS) is 22.5. The number of methoxy groups -OCH3 is 1. The molecule has 9 heteroatoms. The average molecular weight is 522 g/mol. The van der Waals surface area contributed by atoms with Gasteiger partial charge in [0.1, 0.15) is 17.5 Å². The molecule has 38 heavy (non-hydrogen) atoms. The predicted octanol–water partition coefficient (Wildman–Crippen LogP) is 2.77. The van der Waals surface area contributed by atoms with Crippen molar-refractivity contribution >= 4 is 17.7 Å². The molecule has 202 valence electrons. The molecule has 3 fully saturated rings. The number of hydrogen-bond donors (Lipinski definition) is 1. The molecule has 0 radical (unpaired) electrons. The number of nitrogens with one attached hydrogen (secondary N) is 1. The van der Waals surface area contributed by atoms with Crippen molar-refractivity contribution in [2.75, 3.05) is 40.0 Å². The zero-order chi connectivity index (χ0) is 26.7. The molecule has 0 aromatic heterocycles. The van der Waals surface area contributed by atoms with Gasteiger partial charge in [-0.25, -0.2) is 0 Å². The lowest BCUT2D eigenvalue weighted by molar-refractivity contribution is -0.128. The van der Waals surface area contributed by atoms with Crippen LogP contribution in [0.2, 0.25) is 0 Å². The van der Waals surface area contributed by atoms with E-state index in [4.69, 9.17) is 14.2 Å². The first-order valence-electron chi connectivity index (χ1n) is 13.3. The lowest BCUT2D eigenvalue weighted by Gasteiger charge is -2.44. The molecule has 3 aliphatic heterocycles. The second-order valence-corrected chi connectivity index (χ2v) is 10.2. The molecule has 0 aliphatic carbocycles. The average Bonchev–Trinajstić information content (AvgIpc) is 3.60. The van der Waals surface area contributed by atoms with E-state index in [1.165, 1.54) is 0 Å². The molecular weight excluding hydrogens is 486 g/mol. The third kappa shape index (κ3) is 5.26. The van der Waals surface area contributed by atoms with Crippen molar-refractivity contribution in [3.05, 3.63) is 65.2 Å². The van der Waals surface area contributed by atoms with Gasteiger partial charge in [-0.3, -0.25) is 19.3 Å². The van der Waals surface area contributed by atoms with E-state index in [1.54, 1.807) is 41.2 Å². The maximum Gasteiger partial charge on any atom is 0.256 e. The van der Waals surface area contributed by atoms with Crippen LogP contribution in [0.15, 0.2) is 48.5 Å². The summed E-state index contributed by atoms with van der Waals surface area (Å²) < 4.78 is 17.2. The van der Waals surface area contributed by atoms with Gasteiger partial charge in [0, 0.05) is 50.2 Å². The summed E-state index contributed by atoms with van der Waals surface area (Å²) in [6, 6.07) is 13.6. The highest BCUT2D eigenvalue weighted by molar-refractivity contribution is 5.99. The highest BCUT2D eigenvalue weighted by Crippen LogP contribution is 2.39. The van der Waals surface area contributed by atoms with Gasteiger partial charge < -0.3 is 24.4 Å². The van der Waals surface area contributed by atoms with Crippen LogP contribution in [-0.2, 0) is 14.3 Å². The van der Waals surface area contributed by atoms with Gasteiger partial charge in [-0.15, -0.1) is 0 Å². The standard InChI is InChI=1S/C29H35N3O6/c1-20-5-3-6-22(17-20)27(34)31-14-12-29(13-15-31)32(28(35)21-8-10-23(36-2)11-9-21)25(19-38-29)26(33)30-18-24-7-4-16-37-24/h3,5-6,8-11,17,24-25H,4,7,12-16,18-19H2,1-2H3,(H,30,33)/t24-,25+/m0/s1. The van der Waals surface area contributed by atoms with Crippen LogP contribution in [0.3, 0.4) is 0 Å². The zero-order valence-electron chi connectivity index (χ0n) is 22.0. The molecule has 1 N–H and O–H groups in total. The number of ether oxygens (including phenoxy) is 3. The minimum absolute atomic E-state index is 0.00292. The first-order valence-corrected chi connectivity index (χ1v) is 13.3. The Kier molecular flexibility index (Phi) is 7.67. The van der Waals surface area contributed by atoms with Crippen molar-refractivity contribution in [2.45, 2.75) is 50.5 Å². The summed E-state index contributed by atoms with van der Waals surface area (Å²) in [7, 11) is 1.57. The van der Waals surface area contributed by atoms with Gasteiger partial charge in [-0.1, -0.05) is 17.7 Å². The molecule has 9 nitrogen and oxygen atoms in total. The third-order valence-corrected chi connectivity index (χ3v) is 7.74. The molecule has 0 saturated carbocycles. The SMILES string of the molecule is COc1ccc(C(=O)N2[C@@H](C(=O)NC[C@@H]3CCCO3)COC23CCN(C(=O)c2cccc(C)c2)CC3)cc1. The number of rotatable bonds is 6. The van der Waals surface area contributed by atoms with Gasteiger partial charge in [0.15, 0.2) is 0 Å². The van der Waals surface area contributed by atoms with Crippen LogP contribution < -0.4 is 10.1 Å². The van der Waals surface area contributed by atoms with Gasteiger partial charge in [0.25, 0.3) is 11.8 Å². The summed E-state index contributed by atoms with van der Waals surface area (Å²) in [6.45, 7) is 4.01. The minimum Gasteiger partial charge on any atom is -0.497 e. The number of carbonyl (C=O) groups excluding carboxylic acids is 3. The number of aryl methyl sites for hydroxylation is 1. The van der Waals surface area contributed by atoms with E-state index in [-0.39, 0.29) is 30.4 Å². The van der Waals surface area contributed by atoms with Gasteiger partial charge in [0.2, 0.25) is 5.91 Å². The Morgan fingerprint density at radius 3 is 2.47 bits per heavy atom. The largest absolute Gasteiger partial charge is 0.497 e. The summed E-state index contributed by atoms with van der Waals surface area (Å²) >= 11 is 0. The number of likely N-dealkylation sites (tertiary alicyclic amines) is 1. The quantitative estimate of drug-likeness (QED) is 0.628. The Morgan fingerprint density at radius 2 is 1.82 bits per heavy atom. The Morgan fingerprint density at radius 1 is 1.05 bits per heavy atom. The molecule has 3 heterocycles. The third-order valence-electron chi connectivity index (χ3n) is 7.74. The number of benzene rings is 2. The van der Waals surface area contributed by atoms with Gasteiger partial charge in [0.05, 0.1) is 19.8 Å². The highest BCUT2D eigenvalue weighted by Gasteiger charge is 2.54. The summed E-state index contributed by atoms with van der Waals surface area (Å²) in [5.74, 6) is 0.0709.